The molecule has 0 atom stereocenters. The van der Waals surface area contributed by atoms with Crippen LogP contribution >= 0.6 is 11.8 Å². The van der Waals surface area contributed by atoms with Gasteiger partial charge in [0.1, 0.15) is 0 Å². The highest BCUT2D eigenvalue weighted by atomic mass is 32.2. The summed E-state index contributed by atoms with van der Waals surface area (Å²) in [6.45, 7) is 3.61. The van der Waals surface area contributed by atoms with Crippen molar-refractivity contribution >= 4 is 29.3 Å². The Morgan fingerprint density at radius 2 is 1.80 bits per heavy atom. The van der Waals surface area contributed by atoms with Crippen molar-refractivity contribution in [2.75, 3.05) is 45.2 Å². The SMILES string of the molecule is CN1CCN(N(C)C(=O)N2c3ccccc3Sc3cccnc32)CC1. The molecule has 2 aliphatic heterocycles. The van der Waals surface area contributed by atoms with E-state index in [0.29, 0.717) is 5.82 Å². The average Bonchev–Trinajstić information content (AvgIpc) is 2.65. The summed E-state index contributed by atoms with van der Waals surface area (Å²) in [6, 6.07) is 11.8. The molecule has 1 fully saturated rings. The van der Waals surface area contributed by atoms with E-state index in [4.69, 9.17) is 0 Å². The molecule has 0 saturated carbocycles. The van der Waals surface area contributed by atoms with Crippen LogP contribution in [0.2, 0.25) is 0 Å². The van der Waals surface area contributed by atoms with Crippen LogP contribution in [-0.4, -0.2) is 66.2 Å². The van der Waals surface area contributed by atoms with Crippen LogP contribution in [0.4, 0.5) is 16.3 Å². The first kappa shape index (κ1) is 16.4. The van der Waals surface area contributed by atoms with Crippen molar-refractivity contribution in [1.29, 1.82) is 0 Å². The molecule has 0 aliphatic carbocycles. The Bertz CT molecular complexity index is 745. The van der Waals surface area contributed by atoms with E-state index in [2.05, 4.69) is 21.9 Å². The summed E-state index contributed by atoms with van der Waals surface area (Å²) in [7, 11) is 3.96. The minimum atomic E-state index is -0.0720. The van der Waals surface area contributed by atoms with Gasteiger partial charge in [-0.15, -0.1) is 0 Å². The van der Waals surface area contributed by atoms with Gasteiger partial charge < -0.3 is 4.90 Å². The normalized spacial score (nSPS) is 17.8. The van der Waals surface area contributed by atoms with E-state index in [1.807, 2.05) is 43.4 Å². The number of hydrogen-bond donors (Lipinski definition) is 0. The lowest BCUT2D eigenvalue weighted by Crippen LogP contribution is -2.55. The fourth-order valence-electron chi connectivity index (χ4n) is 3.15. The molecule has 2 amide bonds. The number of para-hydroxylation sites is 1. The number of anilines is 2. The lowest BCUT2D eigenvalue weighted by molar-refractivity contribution is 0.00214. The van der Waals surface area contributed by atoms with Crippen molar-refractivity contribution < 1.29 is 4.79 Å². The summed E-state index contributed by atoms with van der Waals surface area (Å²) in [5.41, 5.74) is 0.893. The third-order valence-electron chi connectivity index (χ3n) is 4.66. The molecule has 0 radical (unpaired) electrons. The van der Waals surface area contributed by atoms with Crippen molar-refractivity contribution in [3.8, 4) is 0 Å². The molecule has 6 nitrogen and oxygen atoms in total. The molecular weight excluding hydrogens is 334 g/mol. The number of carbonyl (C=O) groups excluding carboxylic acids is 1. The molecule has 25 heavy (non-hydrogen) atoms. The van der Waals surface area contributed by atoms with E-state index in [-0.39, 0.29) is 6.03 Å². The summed E-state index contributed by atoms with van der Waals surface area (Å²) in [4.78, 5) is 23.9. The Hall–Kier alpha value is -2.09. The van der Waals surface area contributed by atoms with Gasteiger partial charge in [-0.1, -0.05) is 23.9 Å². The summed E-state index contributed by atoms with van der Waals surface area (Å²) < 4.78 is 0. The van der Waals surface area contributed by atoms with Crippen LogP contribution < -0.4 is 4.90 Å². The van der Waals surface area contributed by atoms with Crippen molar-refractivity contribution in [1.82, 2.24) is 19.9 Å². The van der Waals surface area contributed by atoms with Gasteiger partial charge in [0.25, 0.3) is 0 Å². The van der Waals surface area contributed by atoms with Gasteiger partial charge in [-0.3, -0.25) is 5.01 Å². The largest absolute Gasteiger partial charge is 0.344 e. The first-order valence-corrected chi connectivity index (χ1v) is 9.20. The average molecular weight is 355 g/mol. The van der Waals surface area contributed by atoms with Crippen LogP contribution in [0.25, 0.3) is 0 Å². The zero-order valence-electron chi connectivity index (χ0n) is 14.4. The number of pyridine rings is 1. The van der Waals surface area contributed by atoms with Gasteiger partial charge in [0.15, 0.2) is 5.82 Å². The minimum absolute atomic E-state index is 0.0720. The number of urea groups is 1. The highest BCUT2D eigenvalue weighted by Crippen LogP contribution is 2.47. The highest BCUT2D eigenvalue weighted by Gasteiger charge is 2.33. The standard InChI is InChI=1S/C18H21N5OS/c1-20-10-12-22(13-11-20)21(2)18(24)23-14-6-3-4-7-15(14)25-16-8-5-9-19-17(16)23/h3-9H,10-13H2,1-2H3. The third kappa shape index (κ3) is 2.99. The Balaban J connectivity index is 1.68. The fourth-order valence-corrected chi connectivity index (χ4v) is 4.18. The quantitative estimate of drug-likeness (QED) is 0.787. The summed E-state index contributed by atoms with van der Waals surface area (Å²) >= 11 is 1.66. The molecule has 1 aromatic heterocycles. The number of benzene rings is 1. The molecule has 1 aromatic carbocycles. The Morgan fingerprint density at radius 1 is 1.08 bits per heavy atom. The van der Waals surface area contributed by atoms with Crippen LogP contribution in [0.3, 0.4) is 0 Å². The molecule has 0 N–H and O–H groups in total. The van der Waals surface area contributed by atoms with Crippen molar-refractivity contribution in [3.05, 3.63) is 42.6 Å². The maximum absolute atomic E-state index is 13.4. The predicted molar refractivity (Wildman–Crippen MR) is 99.2 cm³/mol. The van der Waals surface area contributed by atoms with E-state index < -0.39 is 0 Å². The number of likely N-dealkylation sites (N-methyl/N-ethyl adjacent to an activating group) is 1. The molecule has 7 heteroatoms. The molecule has 4 rings (SSSR count). The van der Waals surface area contributed by atoms with Gasteiger partial charge >= 0.3 is 6.03 Å². The summed E-state index contributed by atoms with van der Waals surface area (Å²) in [6.07, 6.45) is 1.74. The number of piperazine rings is 1. The molecule has 1 saturated heterocycles. The second-order valence-electron chi connectivity index (χ2n) is 6.29. The smallest absolute Gasteiger partial charge is 0.304 e. The molecule has 2 aliphatic rings. The molecule has 2 aromatic rings. The van der Waals surface area contributed by atoms with Crippen LogP contribution in [0, 0.1) is 0 Å². The van der Waals surface area contributed by atoms with Gasteiger partial charge in [-0.25, -0.2) is 19.7 Å². The third-order valence-corrected chi connectivity index (χ3v) is 5.76. The van der Waals surface area contributed by atoms with Gasteiger partial charge in [-0.2, -0.15) is 0 Å². The topological polar surface area (TPSA) is 42.9 Å². The number of nitrogens with zero attached hydrogens (tertiary/aromatic N) is 5. The van der Waals surface area contributed by atoms with Gasteiger partial charge in [0.05, 0.1) is 10.6 Å². The van der Waals surface area contributed by atoms with Gasteiger partial charge in [0.2, 0.25) is 0 Å². The van der Waals surface area contributed by atoms with E-state index in [0.717, 1.165) is 41.7 Å². The molecule has 130 valence electrons. The summed E-state index contributed by atoms with van der Waals surface area (Å²) in [5.74, 6) is 0.706. The Labute approximate surface area is 152 Å². The predicted octanol–water partition coefficient (Wildman–Crippen LogP) is 2.90. The maximum Gasteiger partial charge on any atom is 0.344 e. The fraction of sp³-hybridized carbons (Fsp3) is 0.333. The highest BCUT2D eigenvalue weighted by molar-refractivity contribution is 7.99. The van der Waals surface area contributed by atoms with Crippen LogP contribution in [0.15, 0.2) is 52.4 Å². The van der Waals surface area contributed by atoms with Gasteiger partial charge in [-0.05, 0) is 31.3 Å². The lowest BCUT2D eigenvalue weighted by Gasteiger charge is -2.40. The number of fused-ring (bicyclic) bond motifs is 2. The Kier molecular flexibility index (Phi) is 4.37. The first-order valence-electron chi connectivity index (χ1n) is 8.38. The number of rotatable bonds is 1. The van der Waals surface area contributed by atoms with Crippen molar-refractivity contribution in [2.45, 2.75) is 9.79 Å². The Morgan fingerprint density at radius 3 is 2.60 bits per heavy atom. The maximum atomic E-state index is 13.4. The van der Waals surface area contributed by atoms with E-state index in [1.54, 1.807) is 27.9 Å². The second kappa shape index (κ2) is 6.67. The zero-order chi connectivity index (χ0) is 17.4. The van der Waals surface area contributed by atoms with E-state index in [1.165, 1.54) is 0 Å². The minimum Gasteiger partial charge on any atom is -0.304 e. The molecule has 3 heterocycles. The number of hydrazine groups is 1. The van der Waals surface area contributed by atoms with E-state index >= 15 is 0 Å². The summed E-state index contributed by atoms with van der Waals surface area (Å²) in [5, 5.41) is 3.84. The monoisotopic (exact) mass is 355 g/mol. The zero-order valence-corrected chi connectivity index (χ0v) is 15.2. The molecule has 0 bridgehead atoms. The van der Waals surface area contributed by atoms with Crippen molar-refractivity contribution in [2.24, 2.45) is 0 Å². The number of hydrogen-bond acceptors (Lipinski definition) is 5. The molecule has 0 spiro atoms. The van der Waals surface area contributed by atoms with Crippen LogP contribution in [-0.2, 0) is 0 Å². The number of carbonyl (C=O) groups is 1. The lowest BCUT2D eigenvalue weighted by atomic mass is 10.2. The first-order chi connectivity index (χ1) is 12.1. The van der Waals surface area contributed by atoms with Gasteiger partial charge in [0, 0.05) is 44.3 Å². The van der Waals surface area contributed by atoms with E-state index in [9.17, 15) is 4.79 Å². The molecule has 0 unspecified atom stereocenters. The number of amides is 2. The van der Waals surface area contributed by atoms with Crippen LogP contribution in [0.5, 0.6) is 0 Å². The number of aromatic nitrogens is 1. The van der Waals surface area contributed by atoms with Crippen LogP contribution in [0.1, 0.15) is 0 Å². The van der Waals surface area contributed by atoms with Crippen molar-refractivity contribution in [3.63, 3.8) is 0 Å². The molecular formula is C18H21N5OS. The second-order valence-corrected chi connectivity index (χ2v) is 7.38.